The Bertz CT molecular complexity index is 767. The first kappa shape index (κ1) is 19.4. The summed E-state index contributed by atoms with van der Waals surface area (Å²) in [6, 6.07) is 7.54. The van der Waals surface area contributed by atoms with Crippen LogP contribution < -0.4 is 10.1 Å². The number of benzene rings is 1. The molecular formula is C23H30N2O2. The Morgan fingerprint density at radius 1 is 1.30 bits per heavy atom. The van der Waals surface area contributed by atoms with Gasteiger partial charge in [-0.1, -0.05) is 38.5 Å². The maximum atomic E-state index is 10.5. The maximum Gasteiger partial charge on any atom is 0.132 e. The summed E-state index contributed by atoms with van der Waals surface area (Å²) < 4.78 is 5.99. The van der Waals surface area contributed by atoms with Crippen molar-refractivity contribution in [2.45, 2.75) is 44.9 Å². The number of aromatic nitrogens is 1. The summed E-state index contributed by atoms with van der Waals surface area (Å²) in [7, 11) is 0. The summed E-state index contributed by atoms with van der Waals surface area (Å²) >= 11 is 0. The molecule has 2 heterocycles. The summed E-state index contributed by atoms with van der Waals surface area (Å²) in [4.78, 5) is 4.61. The summed E-state index contributed by atoms with van der Waals surface area (Å²) in [6.07, 6.45) is 9.25. The van der Waals surface area contributed by atoms with Gasteiger partial charge in [-0.15, -0.1) is 0 Å². The van der Waals surface area contributed by atoms with Crippen molar-refractivity contribution in [1.29, 1.82) is 0 Å². The van der Waals surface area contributed by atoms with Crippen molar-refractivity contribution in [2.75, 3.05) is 19.7 Å². The minimum atomic E-state index is 0.207. The molecule has 2 aromatic rings. The van der Waals surface area contributed by atoms with Crippen LogP contribution in [-0.4, -0.2) is 29.8 Å². The quantitative estimate of drug-likeness (QED) is 0.636. The van der Waals surface area contributed by atoms with Gasteiger partial charge in [-0.05, 0) is 67.6 Å². The van der Waals surface area contributed by atoms with E-state index in [1.54, 1.807) is 6.07 Å². The maximum absolute atomic E-state index is 10.5. The zero-order valence-corrected chi connectivity index (χ0v) is 16.2. The highest BCUT2D eigenvalue weighted by Crippen LogP contribution is 2.39. The molecule has 1 saturated heterocycles. The van der Waals surface area contributed by atoms with Crippen molar-refractivity contribution in [3.05, 3.63) is 48.2 Å². The zero-order chi connectivity index (χ0) is 19.1. The lowest BCUT2D eigenvalue weighted by atomic mass is 9.87. The topological polar surface area (TPSA) is 54.4 Å². The van der Waals surface area contributed by atoms with Gasteiger partial charge in [-0.3, -0.25) is 4.98 Å². The van der Waals surface area contributed by atoms with Crippen LogP contribution in [0.4, 0.5) is 0 Å². The molecule has 0 aliphatic carbocycles. The second-order valence-electron chi connectivity index (χ2n) is 7.13. The van der Waals surface area contributed by atoms with Crippen LogP contribution in [0, 0.1) is 0 Å². The summed E-state index contributed by atoms with van der Waals surface area (Å²) in [5.74, 6) is 1.39. The van der Waals surface area contributed by atoms with E-state index in [1.165, 1.54) is 5.56 Å². The van der Waals surface area contributed by atoms with E-state index in [2.05, 4.69) is 29.9 Å². The first-order chi connectivity index (χ1) is 13.2. The fourth-order valence-electron chi connectivity index (χ4n) is 3.71. The minimum Gasteiger partial charge on any atom is -0.507 e. The van der Waals surface area contributed by atoms with Crippen molar-refractivity contribution in [1.82, 2.24) is 10.3 Å². The molecule has 0 saturated carbocycles. The molecule has 0 unspecified atom stereocenters. The number of ether oxygens (including phenoxy) is 1. The molecule has 144 valence electrons. The van der Waals surface area contributed by atoms with E-state index in [0.717, 1.165) is 56.5 Å². The van der Waals surface area contributed by atoms with Crippen LogP contribution in [0.2, 0.25) is 0 Å². The monoisotopic (exact) mass is 366 g/mol. The highest BCUT2D eigenvalue weighted by atomic mass is 16.5. The summed E-state index contributed by atoms with van der Waals surface area (Å²) in [5, 5.41) is 13.9. The molecule has 0 atom stereocenters. The Labute approximate surface area is 162 Å². The molecule has 0 spiro atoms. The summed E-state index contributed by atoms with van der Waals surface area (Å²) in [6.45, 7) is 8.83. The Balaban J connectivity index is 1.94. The predicted octanol–water partition coefficient (Wildman–Crippen LogP) is 5.13. The van der Waals surface area contributed by atoms with Gasteiger partial charge in [0.25, 0.3) is 0 Å². The molecule has 4 heteroatoms. The number of pyridine rings is 1. The SMILES string of the molecule is C=Cc1cnc(-c2c(O)cccc2OCCCCC)cc1C1CCNCC1. The van der Waals surface area contributed by atoms with Crippen LogP contribution in [-0.2, 0) is 0 Å². The van der Waals surface area contributed by atoms with Gasteiger partial charge in [0.05, 0.1) is 17.9 Å². The lowest BCUT2D eigenvalue weighted by molar-refractivity contribution is 0.306. The third-order valence-electron chi connectivity index (χ3n) is 5.23. The van der Waals surface area contributed by atoms with Crippen LogP contribution in [0.1, 0.15) is 56.1 Å². The lowest BCUT2D eigenvalue weighted by Crippen LogP contribution is -2.27. The van der Waals surface area contributed by atoms with Crippen LogP contribution in [0.15, 0.2) is 37.0 Å². The van der Waals surface area contributed by atoms with Gasteiger partial charge in [0, 0.05) is 6.20 Å². The third kappa shape index (κ3) is 4.69. The first-order valence-electron chi connectivity index (χ1n) is 10.0. The average Bonchev–Trinajstić information content (AvgIpc) is 2.71. The number of nitrogens with zero attached hydrogens (tertiary/aromatic N) is 1. The van der Waals surface area contributed by atoms with Gasteiger partial charge in [0.15, 0.2) is 0 Å². The second-order valence-corrected chi connectivity index (χ2v) is 7.13. The Kier molecular flexibility index (Phi) is 6.88. The van der Waals surface area contributed by atoms with E-state index in [4.69, 9.17) is 4.74 Å². The van der Waals surface area contributed by atoms with E-state index < -0.39 is 0 Å². The van der Waals surface area contributed by atoms with E-state index in [1.807, 2.05) is 24.4 Å². The highest BCUT2D eigenvalue weighted by molar-refractivity contribution is 5.75. The van der Waals surface area contributed by atoms with E-state index in [0.29, 0.717) is 23.8 Å². The van der Waals surface area contributed by atoms with Crippen molar-refractivity contribution in [3.63, 3.8) is 0 Å². The van der Waals surface area contributed by atoms with Gasteiger partial charge in [0.2, 0.25) is 0 Å². The first-order valence-corrected chi connectivity index (χ1v) is 10.0. The fourth-order valence-corrected chi connectivity index (χ4v) is 3.71. The molecule has 1 fully saturated rings. The number of rotatable bonds is 8. The predicted molar refractivity (Wildman–Crippen MR) is 111 cm³/mol. The van der Waals surface area contributed by atoms with Gasteiger partial charge < -0.3 is 15.2 Å². The molecule has 1 aliphatic heterocycles. The molecule has 1 aromatic carbocycles. The van der Waals surface area contributed by atoms with Crippen molar-refractivity contribution >= 4 is 6.08 Å². The van der Waals surface area contributed by atoms with Gasteiger partial charge in [-0.2, -0.15) is 0 Å². The van der Waals surface area contributed by atoms with Crippen molar-refractivity contribution < 1.29 is 9.84 Å². The number of aromatic hydroxyl groups is 1. The van der Waals surface area contributed by atoms with E-state index in [-0.39, 0.29) is 5.75 Å². The van der Waals surface area contributed by atoms with Crippen LogP contribution in [0.5, 0.6) is 11.5 Å². The largest absolute Gasteiger partial charge is 0.507 e. The molecule has 0 bridgehead atoms. The van der Waals surface area contributed by atoms with Crippen LogP contribution in [0.3, 0.4) is 0 Å². The van der Waals surface area contributed by atoms with Crippen molar-refractivity contribution in [2.24, 2.45) is 0 Å². The number of piperidine rings is 1. The third-order valence-corrected chi connectivity index (χ3v) is 5.23. The molecule has 3 rings (SSSR count). The molecule has 1 aromatic heterocycles. The standard InChI is InChI=1S/C23H30N2O2/c1-3-5-6-14-27-22-9-7-8-21(26)23(22)20-15-19(17(4-2)16-25-20)18-10-12-24-13-11-18/h4,7-9,15-16,18,24,26H,2-3,5-6,10-14H2,1H3. The highest BCUT2D eigenvalue weighted by Gasteiger charge is 2.20. The molecule has 4 nitrogen and oxygen atoms in total. The number of nitrogens with one attached hydrogen (secondary N) is 1. The Morgan fingerprint density at radius 3 is 2.85 bits per heavy atom. The fraction of sp³-hybridized carbons (Fsp3) is 0.435. The molecule has 2 N–H and O–H groups in total. The number of hydrogen-bond acceptors (Lipinski definition) is 4. The molecule has 1 aliphatic rings. The molecule has 0 amide bonds. The lowest BCUT2D eigenvalue weighted by Gasteiger charge is -2.25. The number of phenols is 1. The van der Waals surface area contributed by atoms with Crippen molar-refractivity contribution in [3.8, 4) is 22.8 Å². The van der Waals surface area contributed by atoms with Gasteiger partial charge >= 0.3 is 0 Å². The Hall–Kier alpha value is -2.33. The zero-order valence-electron chi connectivity index (χ0n) is 16.2. The Morgan fingerprint density at radius 2 is 2.11 bits per heavy atom. The second kappa shape index (κ2) is 9.56. The molecule has 0 radical (unpaired) electrons. The number of hydrogen-bond donors (Lipinski definition) is 2. The van der Waals surface area contributed by atoms with E-state index in [9.17, 15) is 5.11 Å². The van der Waals surface area contributed by atoms with Gasteiger partial charge in [0.1, 0.15) is 11.5 Å². The molecule has 27 heavy (non-hydrogen) atoms. The van der Waals surface area contributed by atoms with Gasteiger partial charge in [-0.25, -0.2) is 0 Å². The molecular weight excluding hydrogens is 336 g/mol. The minimum absolute atomic E-state index is 0.207. The van der Waals surface area contributed by atoms with Crippen LogP contribution >= 0.6 is 0 Å². The number of unbranched alkanes of at least 4 members (excludes halogenated alkanes) is 2. The normalized spacial score (nSPS) is 14.9. The number of phenolic OH excluding ortho intramolecular Hbond substituents is 1. The summed E-state index contributed by atoms with van der Waals surface area (Å²) in [5.41, 5.74) is 3.78. The van der Waals surface area contributed by atoms with Crippen LogP contribution in [0.25, 0.3) is 17.3 Å². The average molecular weight is 367 g/mol. The van der Waals surface area contributed by atoms with E-state index >= 15 is 0 Å². The smallest absolute Gasteiger partial charge is 0.132 e.